The van der Waals surface area contributed by atoms with E-state index < -0.39 is 6.23 Å². The number of hydrogen-bond donors (Lipinski definition) is 3. The highest BCUT2D eigenvalue weighted by Gasteiger charge is 2.25. The lowest BCUT2D eigenvalue weighted by Gasteiger charge is -2.15. The Morgan fingerprint density at radius 1 is 1.39 bits per heavy atom. The van der Waals surface area contributed by atoms with Gasteiger partial charge in [0.25, 0.3) is 0 Å². The van der Waals surface area contributed by atoms with Gasteiger partial charge in [-0.25, -0.2) is 4.98 Å². The number of nitrogens with one attached hydrogen (secondary N) is 1. The van der Waals surface area contributed by atoms with Crippen LogP contribution in [0.2, 0.25) is 0 Å². The van der Waals surface area contributed by atoms with Crippen molar-refractivity contribution in [3.05, 3.63) is 30.5 Å². The van der Waals surface area contributed by atoms with Crippen molar-refractivity contribution in [3.8, 4) is 11.3 Å². The highest BCUT2D eigenvalue weighted by molar-refractivity contribution is 7.99. The van der Waals surface area contributed by atoms with Crippen molar-refractivity contribution in [2.45, 2.75) is 29.6 Å². The third-order valence-electron chi connectivity index (χ3n) is 3.89. The van der Waals surface area contributed by atoms with Crippen LogP contribution in [0.15, 0.2) is 40.4 Å². The summed E-state index contributed by atoms with van der Waals surface area (Å²) in [5.74, 6) is 0. The molecule has 0 radical (unpaired) electrons. The number of anilines is 1. The standard InChI is InChI=1S/C16H17N5OS/c1-9(22)18-7-8-21-12-5-4-11(17)15-13(12)14(20-21)10-3-2-6-19-16(10)23-15/h2-6,9,18,22H,7-8,17H2,1H3. The molecule has 0 saturated heterocycles. The van der Waals surface area contributed by atoms with E-state index in [1.54, 1.807) is 24.9 Å². The fourth-order valence-corrected chi connectivity index (χ4v) is 3.93. The summed E-state index contributed by atoms with van der Waals surface area (Å²) in [6.45, 7) is 3.02. The van der Waals surface area contributed by atoms with Crippen LogP contribution in [-0.2, 0) is 6.54 Å². The van der Waals surface area contributed by atoms with E-state index in [0.29, 0.717) is 13.1 Å². The average molecular weight is 327 g/mol. The minimum Gasteiger partial charge on any atom is -0.398 e. The molecule has 1 aromatic carbocycles. The van der Waals surface area contributed by atoms with Gasteiger partial charge in [0.15, 0.2) is 0 Å². The van der Waals surface area contributed by atoms with E-state index in [0.717, 1.165) is 37.8 Å². The molecule has 0 amide bonds. The molecule has 0 saturated carbocycles. The molecule has 4 rings (SSSR count). The van der Waals surface area contributed by atoms with E-state index in [9.17, 15) is 5.11 Å². The van der Waals surface area contributed by atoms with Crippen molar-refractivity contribution in [2.24, 2.45) is 0 Å². The molecule has 3 aromatic rings. The Morgan fingerprint density at radius 2 is 2.26 bits per heavy atom. The molecule has 0 spiro atoms. The molecule has 3 heterocycles. The highest BCUT2D eigenvalue weighted by atomic mass is 32.2. The largest absolute Gasteiger partial charge is 0.398 e. The molecule has 1 aliphatic rings. The van der Waals surface area contributed by atoms with Crippen LogP contribution >= 0.6 is 11.8 Å². The number of benzene rings is 1. The van der Waals surface area contributed by atoms with Gasteiger partial charge in [-0.15, -0.1) is 0 Å². The average Bonchev–Trinajstić information content (AvgIpc) is 2.90. The Labute approximate surface area is 137 Å². The molecule has 0 fully saturated rings. The second kappa shape index (κ2) is 5.52. The number of nitrogens with zero attached hydrogens (tertiary/aromatic N) is 3. The van der Waals surface area contributed by atoms with Gasteiger partial charge in [0.2, 0.25) is 0 Å². The molecule has 7 heteroatoms. The first-order valence-electron chi connectivity index (χ1n) is 7.49. The van der Waals surface area contributed by atoms with E-state index in [2.05, 4.69) is 10.3 Å². The zero-order chi connectivity index (χ0) is 16.0. The maximum absolute atomic E-state index is 9.35. The number of hydrogen-bond acceptors (Lipinski definition) is 6. The molecule has 1 atom stereocenters. The quantitative estimate of drug-likeness (QED) is 0.393. The van der Waals surface area contributed by atoms with Crippen LogP contribution < -0.4 is 11.1 Å². The molecule has 4 N–H and O–H groups in total. The van der Waals surface area contributed by atoms with Crippen molar-refractivity contribution in [1.82, 2.24) is 20.1 Å². The SMILES string of the molecule is CC(O)NCCn1nc2c3c(c(N)ccc31)Sc1ncccc1-2. The van der Waals surface area contributed by atoms with Crippen molar-refractivity contribution in [2.75, 3.05) is 12.3 Å². The number of aliphatic hydroxyl groups is 1. The van der Waals surface area contributed by atoms with Crippen LogP contribution in [0, 0.1) is 0 Å². The van der Waals surface area contributed by atoms with Gasteiger partial charge in [-0.2, -0.15) is 5.10 Å². The van der Waals surface area contributed by atoms with E-state index in [4.69, 9.17) is 10.8 Å². The summed E-state index contributed by atoms with van der Waals surface area (Å²) in [5.41, 5.74) is 9.96. The Kier molecular flexibility index (Phi) is 3.48. The van der Waals surface area contributed by atoms with Crippen LogP contribution in [0.25, 0.3) is 22.2 Å². The van der Waals surface area contributed by atoms with Gasteiger partial charge in [0.1, 0.15) is 16.9 Å². The van der Waals surface area contributed by atoms with Gasteiger partial charge < -0.3 is 10.8 Å². The van der Waals surface area contributed by atoms with Crippen LogP contribution in [0.5, 0.6) is 0 Å². The summed E-state index contributed by atoms with van der Waals surface area (Å²) < 4.78 is 1.96. The second-order valence-electron chi connectivity index (χ2n) is 5.54. The minimum absolute atomic E-state index is 0.529. The fraction of sp³-hybridized carbons (Fsp3) is 0.250. The van der Waals surface area contributed by atoms with Crippen LogP contribution in [0.4, 0.5) is 5.69 Å². The van der Waals surface area contributed by atoms with Gasteiger partial charge in [0.05, 0.1) is 12.1 Å². The molecular formula is C16H17N5OS. The maximum Gasteiger partial charge on any atom is 0.110 e. The van der Waals surface area contributed by atoms with Crippen LogP contribution in [0.1, 0.15) is 6.92 Å². The first-order chi connectivity index (χ1) is 11.1. The lowest BCUT2D eigenvalue weighted by atomic mass is 10.1. The molecular weight excluding hydrogens is 310 g/mol. The molecule has 1 unspecified atom stereocenters. The van der Waals surface area contributed by atoms with Gasteiger partial charge in [-0.05, 0) is 31.2 Å². The summed E-state index contributed by atoms with van der Waals surface area (Å²) in [6.07, 6.45) is 1.26. The Hall–Kier alpha value is -2.09. The zero-order valence-corrected chi connectivity index (χ0v) is 13.5. The van der Waals surface area contributed by atoms with Crippen molar-refractivity contribution in [1.29, 1.82) is 0 Å². The van der Waals surface area contributed by atoms with Gasteiger partial charge >= 0.3 is 0 Å². The Morgan fingerprint density at radius 3 is 3.09 bits per heavy atom. The molecule has 0 bridgehead atoms. The number of nitrogens with two attached hydrogens (primary N) is 1. The number of pyridine rings is 1. The van der Waals surface area contributed by atoms with Crippen molar-refractivity contribution >= 4 is 28.4 Å². The predicted molar refractivity (Wildman–Crippen MR) is 91.2 cm³/mol. The van der Waals surface area contributed by atoms with Crippen molar-refractivity contribution in [3.63, 3.8) is 0 Å². The lowest BCUT2D eigenvalue weighted by Crippen LogP contribution is -2.29. The lowest BCUT2D eigenvalue weighted by molar-refractivity contribution is 0.155. The molecule has 2 aromatic heterocycles. The third-order valence-corrected chi connectivity index (χ3v) is 5.05. The number of rotatable bonds is 4. The number of aromatic nitrogens is 3. The van der Waals surface area contributed by atoms with E-state index in [-0.39, 0.29) is 0 Å². The molecule has 0 aliphatic carbocycles. The van der Waals surface area contributed by atoms with Crippen LogP contribution in [-0.4, -0.2) is 32.6 Å². The molecule has 23 heavy (non-hydrogen) atoms. The van der Waals surface area contributed by atoms with Gasteiger partial charge in [0, 0.05) is 34.3 Å². The van der Waals surface area contributed by atoms with Gasteiger partial charge in [-0.1, -0.05) is 11.8 Å². The highest BCUT2D eigenvalue weighted by Crippen LogP contribution is 2.48. The number of aliphatic hydroxyl groups excluding tert-OH is 1. The zero-order valence-electron chi connectivity index (χ0n) is 12.7. The summed E-state index contributed by atoms with van der Waals surface area (Å²) in [7, 11) is 0. The maximum atomic E-state index is 9.35. The Balaban J connectivity index is 1.86. The predicted octanol–water partition coefficient (Wildman–Crippen LogP) is 2.07. The van der Waals surface area contributed by atoms with Crippen molar-refractivity contribution < 1.29 is 5.11 Å². The molecule has 6 nitrogen and oxygen atoms in total. The van der Waals surface area contributed by atoms with E-state index in [1.165, 1.54) is 0 Å². The second-order valence-corrected chi connectivity index (χ2v) is 6.54. The Bertz CT molecular complexity index is 890. The molecule has 1 aliphatic heterocycles. The van der Waals surface area contributed by atoms with E-state index in [1.807, 2.05) is 28.9 Å². The number of nitrogen functional groups attached to an aromatic ring is 1. The van der Waals surface area contributed by atoms with Gasteiger partial charge in [-0.3, -0.25) is 10.00 Å². The third kappa shape index (κ3) is 2.37. The fourth-order valence-electron chi connectivity index (χ4n) is 2.85. The molecule has 118 valence electrons. The smallest absolute Gasteiger partial charge is 0.110 e. The number of fused-ring (bicyclic) bond motifs is 2. The topological polar surface area (TPSA) is 89.0 Å². The first-order valence-corrected chi connectivity index (χ1v) is 8.30. The minimum atomic E-state index is -0.529. The summed E-state index contributed by atoms with van der Waals surface area (Å²) in [4.78, 5) is 5.48. The van der Waals surface area contributed by atoms with Crippen LogP contribution in [0.3, 0.4) is 0 Å². The summed E-state index contributed by atoms with van der Waals surface area (Å²) in [5, 5.41) is 19.2. The normalized spacial score (nSPS) is 14.0. The summed E-state index contributed by atoms with van der Waals surface area (Å²) in [6, 6.07) is 7.90. The monoisotopic (exact) mass is 327 g/mol. The first kappa shape index (κ1) is 14.5. The van der Waals surface area contributed by atoms with E-state index >= 15 is 0 Å². The summed E-state index contributed by atoms with van der Waals surface area (Å²) >= 11 is 1.60.